The minimum absolute atomic E-state index is 0.00358. The molecule has 4 rings (SSSR count). The number of fused-ring (bicyclic) bond motifs is 1. The molecule has 1 amide bonds. The number of halogens is 2. The van der Waals surface area contributed by atoms with Crippen molar-refractivity contribution < 1.29 is 26.7 Å². The van der Waals surface area contributed by atoms with Gasteiger partial charge in [-0.2, -0.15) is 0 Å². The number of anilines is 1. The molecule has 0 unspecified atom stereocenters. The molecule has 0 saturated carbocycles. The Morgan fingerprint density at radius 2 is 1.83 bits per heavy atom. The first-order valence-electron chi connectivity index (χ1n) is 11.5. The van der Waals surface area contributed by atoms with E-state index in [9.17, 15) is 22.0 Å². The highest BCUT2D eigenvalue weighted by molar-refractivity contribution is 7.91. The van der Waals surface area contributed by atoms with Crippen LogP contribution >= 0.6 is 11.3 Å². The van der Waals surface area contributed by atoms with Crippen molar-refractivity contribution >= 4 is 42.4 Å². The van der Waals surface area contributed by atoms with E-state index in [1.807, 2.05) is 0 Å². The number of nitrogens with zero attached hydrogens (tertiary/aromatic N) is 3. The molecule has 1 saturated heterocycles. The third-order valence-corrected chi connectivity index (χ3v) is 8.69. The van der Waals surface area contributed by atoms with Gasteiger partial charge in [-0.15, -0.1) is 0 Å². The summed E-state index contributed by atoms with van der Waals surface area (Å²) in [6, 6.07) is 9.33. The average Bonchev–Trinajstić information content (AvgIpc) is 3.28. The van der Waals surface area contributed by atoms with Crippen LogP contribution in [0.25, 0.3) is 10.2 Å². The molecule has 0 bridgehead atoms. The fourth-order valence-corrected chi connectivity index (χ4v) is 6.27. The zero-order valence-corrected chi connectivity index (χ0v) is 20.8. The van der Waals surface area contributed by atoms with Crippen molar-refractivity contribution in [1.82, 2.24) is 9.88 Å². The molecule has 0 N–H and O–H groups in total. The summed E-state index contributed by atoms with van der Waals surface area (Å²) in [5.41, 5.74) is 0.220. The quantitative estimate of drug-likeness (QED) is 0.375. The SMILES string of the molecule is O=C(CCCS(=O)(=O)c1ccc(F)cc1)N(CCCN1CCOCC1)c1nc2c(F)cccc2s1. The molecular formula is C24H27F2N3O4S2. The molecule has 11 heteroatoms. The number of sulfone groups is 1. The topological polar surface area (TPSA) is 79.8 Å². The van der Waals surface area contributed by atoms with Crippen molar-refractivity contribution in [2.24, 2.45) is 0 Å². The Morgan fingerprint density at radius 3 is 2.54 bits per heavy atom. The number of aromatic nitrogens is 1. The van der Waals surface area contributed by atoms with Gasteiger partial charge in [-0.3, -0.25) is 14.6 Å². The van der Waals surface area contributed by atoms with Gasteiger partial charge < -0.3 is 4.74 Å². The summed E-state index contributed by atoms with van der Waals surface area (Å²) in [6.45, 7) is 4.21. The van der Waals surface area contributed by atoms with Gasteiger partial charge in [-0.05, 0) is 49.2 Å². The lowest BCUT2D eigenvalue weighted by Gasteiger charge is -2.27. The molecule has 1 aliphatic heterocycles. The van der Waals surface area contributed by atoms with Crippen LogP contribution in [-0.2, 0) is 19.4 Å². The average molecular weight is 524 g/mol. The smallest absolute Gasteiger partial charge is 0.228 e. The van der Waals surface area contributed by atoms with E-state index in [1.165, 1.54) is 34.4 Å². The number of amides is 1. The number of hydrogen-bond donors (Lipinski definition) is 0. The summed E-state index contributed by atoms with van der Waals surface area (Å²) >= 11 is 1.24. The Kier molecular flexibility index (Phi) is 8.42. The second kappa shape index (κ2) is 11.5. The van der Waals surface area contributed by atoms with Crippen LogP contribution in [0.15, 0.2) is 47.4 Å². The molecular weight excluding hydrogens is 496 g/mol. The largest absolute Gasteiger partial charge is 0.379 e. The zero-order valence-electron chi connectivity index (χ0n) is 19.2. The van der Waals surface area contributed by atoms with Gasteiger partial charge in [0.1, 0.15) is 17.2 Å². The molecule has 1 aromatic heterocycles. The maximum absolute atomic E-state index is 14.2. The molecule has 0 spiro atoms. The lowest BCUT2D eigenvalue weighted by molar-refractivity contribution is -0.118. The van der Waals surface area contributed by atoms with Crippen LogP contribution in [0, 0.1) is 11.6 Å². The second-order valence-electron chi connectivity index (χ2n) is 8.31. The van der Waals surface area contributed by atoms with Crippen molar-refractivity contribution in [3.8, 4) is 0 Å². The van der Waals surface area contributed by atoms with Crippen LogP contribution in [0.5, 0.6) is 0 Å². The van der Waals surface area contributed by atoms with E-state index in [0.717, 1.165) is 31.8 Å². The molecule has 2 aromatic carbocycles. The van der Waals surface area contributed by atoms with E-state index < -0.39 is 21.5 Å². The van der Waals surface area contributed by atoms with Gasteiger partial charge in [-0.25, -0.2) is 22.2 Å². The van der Waals surface area contributed by atoms with Crippen molar-refractivity contribution in [3.05, 3.63) is 54.1 Å². The molecule has 7 nitrogen and oxygen atoms in total. The molecule has 0 atom stereocenters. The van der Waals surface area contributed by atoms with Gasteiger partial charge in [0, 0.05) is 32.6 Å². The Morgan fingerprint density at radius 1 is 1.09 bits per heavy atom. The van der Waals surface area contributed by atoms with Crippen LogP contribution in [0.2, 0.25) is 0 Å². The Labute approximate surface area is 207 Å². The number of para-hydroxylation sites is 1. The molecule has 1 fully saturated rings. The van der Waals surface area contributed by atoms with E-state index >= 15 is 0 Å². The maximum Gasteiger partial charge on any atom is 0.228 e. The molecule has 3 aromatic rings. The van der Waals surface area contributed by atoms with Crippen molar-refractivity contribution in [3.63, 3.8) is 0 Å². The van der Waals surface area contributed by atoms with Gasteiger partial charge in [-0.1, -0.05) is 17.4 Å². The van der Waals surface area contributed by atoms with Gasteiger partial charge in [0.25, 0.3) is 0 Å². The normalized spacial score (nSPS) is 14.9. The number of carbonyl (C=O) groups is 1. The third-order valence-electron chi connectivity index (χ3n) is 5.83. The van der Waals surface area contributed by atoms with E-state index in [4.69, 9.17) is 4.74 Å². The summed E-state index contributed by atoms with van der Waals surface area (Å²) in [7, 11) is -3.64. The number of morpholine rings is 1. The monoisotopic (exact) mass is 523 g/mol. The predicted octanol–water partition coefficient (Wildman–Crippen LogP) is 3.88. The van der Waals surface area contributed by atoms with E-state index in [2.05, 4.69) is 9.88 Å². The first-order valence-corrected chi connectivity index (χ1v) is 13.9. The summed E-state index contributed by atoms with van der Waals surface area (Å²) in [5, 5.41) is 0.401. The number of rotatable bonds is 10. The Hall–Kier alpha value is -2.47. The van der Waals surface area contributed by atoms with Gasteiger partial charge in [0.2, 0.25) is 5.91 Å². The minimum Gasteiger partial charge on any atom is -0.379 e. The third kappa shape index (κ3) is 6.60. The van der Waals surface area contributed by atoms with Crippen LogP contribution in [0.4, 0.5) is 13.9 Å². The maximum atomic E-state index is 14.2. The second-order valence-corrected chi connectivity index (χ2v) is 11.4. The van der Waals surface area contributed by atoms with E-state index in [-0.39, 0.29) is 34.9 Å². The molecule has 0 radical (unpaired) electrons. The number of benzene rings is 2. The fourth-order valence-electron chi connectivity index (χ4n) is 3.93. The minimum atomic E-state index is -3.64. The predicted molar refractivity (Wildman–Crippen MR) is 131 cm³/mol. The first kappa shape index (κ1) is 25.6. The lowest BCUT2D eigenvalue weighted by atomic mass is 10.2. The van der Waals surface area contributed by atoms with Crippen LogP contribution in [-0.4, -0.2) is 69.4 Å². The van der Waals surface area contributed by atoms with Gasteiger partial charge in [0.15, 0.2) is 15.0 Å². The highest BCUT2D eigenvalue weighted by Gasteiger charge is 2.22. The highest BCUT2D eigenvalue weighted by atomic mass is 32.2. The van der Waals surface area contributed by atoms with Crippen molar-refractivity contribution in [2.45, 2.75) is 24.2 Å². The number of ether oxygens (including phenoxy) is 1. The van der Waals surface area contributed by atoms with E-state index in [1.54, 1.807) is 12.1 Å². The highest BCUT2D eigenvalue weighted by Crippen LogP contribution is 2.31. The number of hydrogen-bond acceptors (Lipinski definition) is 7. The molecule has 0 aliphatic carbocycles. The van der Waals surface area contributed by atoms with Crippen molar-refractivity contribution in [2.75, 3.05) is 50.0 Å². The summed E-state index contributed by atoms with van der Waals surface area (Å²) in [4.78, 5) is 21.4. The van der Waals surface area contributed by atoms with Crippen LogP contribution in [0.1, 0.15) is 19.3 Å². The Balaban J connectivity index is 1.43. The molecule has 188 valence electrons. The zero-order chi connectivity index (χ0) is 24.8. The summed E-state index contributed by atoms with van der Waals surface area (Å²) in [6.07, 6.45) is 0.798. The number of thiazole rings is 1. The van der Waals surface area contributed by atoms with Crippen LogP contribution in [0.3, 0.4) is 0 Å². The fraction of sp³-hybridized carbons (Fsp3) is 0.417. The van der Waals surface area contributed by atoms with Gasteiger partial charge in [0.05, 0.1) is 28.6 Å². The van der Waals surface area contributed by atoms with Crippen molar-refractivity contribution in [1.29, 1.82) is 0 Å². The number of carbonyl (C=O) groups excluding carboxylic acids is 1. The van der Waals surface area contributed by atoms with E-state index in [0.29, 0.717) is 36.0 Å². The standard InChI is InChI=1S/C24H27F2N3O4S2/c25-18-7-9-19(10-8-18)35(31,32)17-2-6-22(30)29(12-3-11-28-13-15-33-16-14-28)24-27-23-20(26)4-1-5-21(23)34-24/h1,4-5,7-10H,2-3,6,11-17H2. The summed E-state index contributed by atoms with van der Waals surface area (Å²) < 4.78 is 58.5. The Bertz CT molecular complexity index is 1260. The molecule has 35 heavy (non-hydrogen) atoms. The first-order chi connectivity index (χ1) is 16.8. The van der Waals surface area contributed by atoms with Gasteiger partial charge >= 0.3 is 0 Å². The van der Waals surface area contributed by atoms with Crippen LogP contribution < -0.4 is 4.90 Å². The summed E-state index contributed by atoms with van der Waals surface area (Å²) in [5.74, 6) is -1.46. The lowest BCUT2D eigenvalue weighted by Crippen LogP contribution is -2.39. The molecule has 1 aliphatic rings. The molecule has 2 heterocycles.